The van der Waals surface area contributed by atoms with Crippen molar-refractivity contribution in [3.8, 4) is 17.2 Å². The number of carbonyl (C=O) groups is 2. The number of likely N-dealkylation sites (N-methyl/N-ethyl adjacent to an activating group) is 1. The minimum atomic E-state index is -1.82. The lowest BCUT2D eigenvalue weighted by molar-refractivity contribution is -0.159. The van der Waals surface area contributed by atoms with Crippen molar-refractivity contribution in [1.29, 1.82) is 0 Å². The van der Waals surface area contributed by atoms with E-state index in [0.29, 0.717) is 30.5 Å². The zero-order valence-corrected chi connectivity index (χ0v) is 17.1. The molecule has 10 nitrogen and oxygen atoms in total. The summed E-state index contributed by atoms with van der Waals surface area (Å²) in [6.45, 7) is 7.24. The topological polar surface area (TPSA) is 118 Å². The van der Waals surface area contributed by atoms with E-state index in [1.165, 1.54) is 0 Å². The highest BCUT2D eigenvalue weighted by Gasteiger charge is 2.13. The first-order valence-corrected chi connectivity index (χ1v) is 9.17. The molecule has 1 fully saturated rings. The SMILES string of the molecule is COc1cccc(OC)c1OCCOCCN1CCN(C)CC1.O=C(O)C(=O)O. The molecule has 0 spiro atoms. The van der Waals surface area contributed by atoms with Crippen LogP contribution in [0.5, 0.6) is 17.2 Å². The number of nitrogens with zero attached hydrogens (tertiary/aromatic N) is 2. The van der Waals surface area contributed by atoms with Crippen molar-refractivity contribution in [3.05, 3.63) is 18.2 Å². The molecule has 0 aliphatic carbocycles. The molecule has 1 aromatic carbocycles. The van der Waals surface area contributed by atoms with Gasteiger partial charge in [0.15, 0.2) is 11.5 Å². The number of piperazine rings is 1. The number of rotatable bonds is 9. The maximum atomic E-state index is 9.10. The zero-order chi connectivity index (χ0) is 21.6. The Bertz CT molecular complexity index is 598. The van der Waals surface area contributed by atoms with Crippen LogP contribution in [0.1, 0.15) is 0 Å². The molecule has 0 radical (unpaired) electrons. The number of para-hydroxylation sites is 1. The molecule has 1 aromatic rings. The lowest BCUT2D eigenvalue weighted by Crippen LogP contribution is -2.45. The van der Waals surface area contributed by atoms with Crippen molar-refractivity contribution in [2.45, 2.75) is 0 Å². The number of hydrogen-bond donors (Lipinski definition) is 2. The second-order valence-electron chi connectivity index (χ2n) is 6.21. The Hall–Kier alpha value is -2.56. The molecule has 0 saturated carbocycles. The van der Waals surface area contributed by atoms with E-state index in [-0.39, 0.29) is 0 Å². The molecule has 0 amide bonds. The third-order valence-electron chi connectivity index (χ3n) is 4.19. The average Bonchev–Trinajstić information content (AvgIpc) is 2.72. The highest BCUT2D eigenvalue weighted by atomic mass is 16.6. The van der Waals surface area contributed by atoms with E-state index in [9.17, 15) is 0 Å². The van der Waals surface area contributed by atoms with E-state index in [1.54, 1.807) is 14.2 Å². The normalized spacial score (nSPS) is 14.4. The minimum Gasteiger partial charge on any atom is -0.493 e. The van der Waals surface area contributed by atoms with Crippen LogP contribution in [0.4, 0.5) is 0 Å². The fraction of sp³-hybridized carbons (Fsp3) is 0.579. The second kappa shape index (κ2) is 13.6. The molecule has 1 aliphatic heterocycles. The van der Waals surface area contributed by atoms with Crippen LogP contribution >= 0.6 is 0 Å². The van der Waals surface area contributed by atoms with Crippen LogP contribution in [0, 0.1) is 0 Å². The van der Waals surface area contributed by atoms with E-state index < -0.39 is 11.9 Å². The Morgan fingerprint density at radius 1 is 0.931 bits per heavy atom. The number of hydrogen-bond acceptors (Lipinski definition) is 8. The van der Waals surface area contributed by atoms with E-state index >= 15 is 0 Å². The smallest absolute Gasteiger partial charge is 0.414 e. The number of aliphatic carboxylic acids is 2. The summed E-state index contributed by atoms with van der Waals surface area (Å²) >= 11 is 0. The van der Waals surface area contributed by atoms with Gasteiger partial charge in [0, 0.05) is 32.7 Å². The van der Waals surface area contributed by atoms with E-state index in [4.69, 9.17) is 38.7 Å². The molecule has 164 valence electrons. The van der Waals surface area contributed by atoms with Gasteiger partial charge in [-0.1, -0.05) is 6.07 Å². The molecule has 1 heterocycles. The van der Waals surface area contributed by atoms with Gasteiger partial charge in [-0.05, 0) is 19.2 Å². The monoisotopic (exact) mass is 414 g/mol. The Morgan fingerprint density at radius 2 is 1.48 bits per heavy atom. The van der Waals surface area contributed by atoms with E-state index in [2.05, 4.69) is 16.8 Å². The van der Waals surface area contributed by atoms with Gasteiger partial charge in [0.2, 0.25) is 5.75 Å². The number of methoxy groups -OCH3 is 2. The lowest BCUT2D eigenvalue weighted by Gasteiger charge is -2.32. The van der Waals surface area contributed by atoms with Crippen LogP contribution in [-0.2, 0) is 14.3 Å². The Kier molecular flexibility index (Phi) is 11.5. The fourth-order valence-corrected chi connectivity index (χ4v) is 2.53. The van der Waals surface area contributed by atoms with Crippen molar-refractivity contribution < 1.29 is 38.7 Å². The molecule has 2 rings (SSSR count). The summed E-state index contributed by atoms with van der Waals surface area (Å²) in [5.41, 5.74) is 0. The zero-order valence-electron chi connectivity index (χ0n) is 17.1. The Balaban J connectivity index is 0.000000612. The first-order chi connectivity index (χ1) is 13.9. The molecule has 0 atom stereocenters. The largest absolute Gasteiger partial charge is 0.493 e. The summed E-state index contributed by atoms with van der Waals surface area (Å²) in [5.74, 6) is -1.69. The Morgan fingerprint density at radius 3 is 1.97 bits per heavy atom. The lowest BCUT2D eigenvalue weighted by atomic mass is 10.3. The van der Waals surface area contributed by atoms with Gasteiger partial charge in [0.25, 0.3) is 0 Å². The number of carboxylic acids is 2. The highest BCUT2D eigenvalue weighted by molar-refractivity contribution is 6.27. The summed E-state index contributed by atoms with van der Waals surface area (Å²) in [5, 5.41) is 14.8. The van der Waals surface area contributed by atoms with Gasteiger partial charge in [0.1, 0.15) is 6.61 Å². The van der Waals surface area contributed by atoms with E-state index in [0.717, 1.165) is 39.3 Å². The van der Waals surface area contributed by atoms with Gasteiger partial charge in [-0.2, -0.15) is 0 Å². The van der Waals surface area contributed by atoms with E-state index in [1.807, 2.05) is 18.2 Å². The van der Waals surface area contributed by atoms with Crippen LogP contribution < -0.4 is 14.2 Å². The van der Waals surface area contributed by atoms with Crippen molar-refractivity contribution in [2.75, 3.05) is 73.8 Å². The predicted molar refractivity (Wildman–Crippen MR) is 105 cm³/mol. The molecule has 2 N–H and O–H groups in total. The maximum absolute atomic E-state index is 9.10. The number of benzene rings is 1. The molecular weight excluding hydrogens is 384 g/mol. The van der Waals surface area contributed by atoms with Crippen molar-refractivity contribution in [3.63, 3.8) is 0 Å². The summed E-state index contributed by atoms with van der Waals surface area (Å²) < 4.78 is 22.0. The first-order valence-electron chi connectivity index (χ1n) is 9.17. The first kappa shape index (κ1) is 24.5. The molecule has 0 aromatic heterocycles. The summed E-state index contributed by atoms with van der Waals surface area (Å²) in [7, 11) is 5.40. The molecule has 10 heteroatoms. The van der Waals surface area contributed by atoms with Crippen LogP contribution in [0.3, 0.4) is 0 Å². The van der Waals surface area contributed by atoms with Crippen LogP contribution in [0.25, 0.3) is 0 Å². The fourth-order valence-electron chi connectivity index (χ4n) is 2.53. The van der Waals surface area contributed by atoms with Crippen LogP contribution in [0.2, 0.25) is 0 Å². The van der Waals surface area contributed by atoms with Gasteiger partial charge in [-0.3, -0.25) is 4.90 Å². The third-order valence-corrected chi connectivity index (χ3v) is 4.19. The van der Waals surface area contributed by atoms with Gasteiger partial charge in [-0.15, -0.1) is 0 Å². The molecule has 1 aliphatic rings. The van der Waals surface area contributed by atoms with Gasteiger partial charge < -0.3 is 34.1 Å². The standard InChI is InChI=1S/C17H28N2O4.C2H2O4/c1-18-7-9-19(10-8-18)11-12-22-13-14-23-17-15(20-2)5-4-6-16(17)21-3;3-1(4)2(5)6/h4-6H,7-14H2,1-3H3;(H,3,4)(H,5,6). The van der Waals surface area contributed by atoms with Gasteiger partial charge in [0.05, 0.1) is 27.4 Å². The highest BCUT2D eigenvalue weighted by Crippen LogP contribution is 2.36. The average molecular weight is 414 g/mol. The van der Waals surface area contributed by atoms with Crippen molar-refractivity contribution >= 4 is 11.9 Å². The third kappa shape index (κ3) is 9.46. The maximum Gasteiger partial charge on any atom is 0.414 e. The second-order valence-corrected chi connectivity index (χ2v) is 6.21. The molecule has 0 bridgehead atoms. The summed E-state index contributed by atoms with van der Waals surface area (Å²) in [6, 6.07) is 5.58. The van der Waals surface area contributed by atoms with Crippen molar-refractivity contribution in [2.24, 2.45) is 0 Å². The summed E-state index contributed by atoms with van der Waals surface area (Å²) in [6.07, 6.45) is 0. The summed E-state index contributed by atoms with van der Waals surface area (Å²) in [4.78, 5) is 23.0. The minimum absolute atomic E-state index is 0.472. The van der Waals surface area contributed by atoms with Crippen LogP contribution in [-0.4, -0.2) is 106 Å². The molecule has 1 saturated heterocycles. The molecular formula is C19H30N2O8. The van der Waals surface area contributed by atoms with Crippen molar-refractivity contribution in [1.82, 2.24) is 9.80 Å². The van der Waals surface area contributed by atoms with Gasteiger partial charge >= 0.3 is 11.9 Å². The number of carboxylic acid groups (broad SMARTS) is 2. The molecule has 0 unspecified atom stereocenters. The van der Waals surface area contributed by atoms with Gasteiger partial charge in [-0.25, -0.2) is 9.59 Å². The quantitative estimate of drug-likeness (QED) is 0.437. The Labute approximate surface area is 170 Å². The number of ether oxygens (including phenoxy) is 4. The molecule has 29 heavy (non-hydrogen) atoms. The predicted octanol–water partition coefficient (Wildman–Crippen LogP) is 0.502. The van der Waals surface area contributed by atoms with Crippen LogP contribution in [0.15, 0.2) is 18.2 Å².